The van der Waals surface area contributed by atoms with Crippen LogP contribution >= 0.6 is 27.3 Å². The predicted molar refractivity (Wildman–Crippen MR) is 60.3 cm³/mol. The van der Waals surface area contributed by atoms with E-state index in [-0.39, 0.29) is 0 Å². The van der Waals surface area contributed by atoms with E-state index in [2.05, 4.69) is 28.9 Å². The Labute approximate surface area is 91.2 Å². The summed E-state index contributed by atoms with van der Waals surface area (Å²) in [6, 6.07) is 2.14. The predicted octanol–water partition coefficient (Wildman–Crippen LogP) is 2.34. The Morgan fingerprint density at radius 2 is 2.31 bits per heavy atom. The van der Waals surface area contributed by atoms with E-state index in [0.29, 0.717) is 13.2 Å². The first-order valence-corrected chi connectivity index (χ1v) is 5.87. The van der Waals surface area contributed by atoms with Crippen molar-refractivity contribution in [2.75, 3.05) is 19.8 Å². The van der Waals surface area contributed by atoms with Crippen molar-refractivity contribution in [3.8, 4) is 0 Å². The maximum Gasteiger partial charge on any atom is 0.0588 e. The summed E-state index contributed by atoms with van der Waals surface area (Å²) >= 11 is 5.33. The molecular formula is C9H14BrNOS. The highest BCUT2D eigenvalue weighted by Crippen LogP contribution is 2.26. The molecule has 2 nitrogen and oxygen atoms in total. The fourth-order valence-electron chi connectivity index (χ4n) is 1.05. The highest BCUT2D eigenvalue weighted by atomic mass is 79.9. The molecule has 1 rings (SSSR count). The maximum absolute atomic E-state index is 5.31. The molecule has 1 aromatic rings. The summed E-state index contributed by atoms with van der Waals surface area (Å²) in [7, 11) is 0. The second kappa shape index (κ2) is 5.75. The fraction of sp³-hybridized carbons (Fsp3) is 0.556. The second-order valence-corrected chi connectivity index (χ2v) is 4.97. The van der Waals surface area contributed by atoms with E-state index in [9.17, 15) is 0 Å². The standard InChI is InChI=1S/C9H14BrNOS/c1-7-6-8(10)9(13-7)2-4-12-5-3-11/h6H,2-5,11H2,1H3. The van der Waals surface area contributed by atoms with Crippen LogP contribution in [-0.4, -0.2) is 19.8 Å². The van der Waals surface area contributed by atoms with E-state index in [4.69, 9.17) is 10.5 Å². The zero-order valence-electron chi connectivity index (χ0n) is 7.68. The largest absolute Gasteiger partial charge is 0.380 e. The first-order chi connectivity index (χ1) is 6.24. The van der Waals surface area contributed by atoms with E-state index in [1.165, 1.54) is 14.2 Å². The quantitative estimate of drug-likeness (QED) is 0.828. The molecule has 0 saturated heterocycles. The number of thiophene rings is 1. The number of hydrogen-bond acceptors (Lipinski definition) is 3. The number of hydrogen-bond donors (Lipinski definition) is 1. The number of nitrogens with two attached hydrogens (primary N) is 1. The Kier molecular flexibility index (Phi) is 4.94. The fourth-order valence-corrected chi connectivity index (χ4v) is 2.90. The van der Waals surface area contributed by atoms with Crippen LogP contribution in [0.1, 0.15) is 9.75 Å². The summed E-state index contributed by atoms with van der Waals surface area (Å²) in [6.07, 6.45) is 0.971. The van der Waals surface area contributed by atoms with E-state index in [1.807, 2.05) is 11.3 Å². The van der Waals surface area contributed by atoms with Crippen LogP contribution in [0.4, 0.5) is 0 Å². The van der Waals surface area contributed by atoms with Crippen molar-refractivity contribution in [2.45, 2.75) is 13.3 Å². The lowest BCUT2D eigenvalue weighted by atomic mass is 10.3. The third-order valence-electron chi connectivity index (χ3n) is 1.62. The monoisotopic (exact) mass is 263 g/mol. The molecular weight excluding hydrogens is 250 g/mol. The molecule has 0 aliphatic rings. The Balaban J connectivity index is 2.32. The average Bonchev–Trinajstić information content (AvgIpc) is 2.39. The van der Waals surface area contributed by atoms with Crippen LogP contribution in [-0.2, 0) is 11.2 Å². The van der Waals surface area contributed by atoms with Crippen LogP contribution in [0.25, 0.3) is 0 Å². The van der Waals surface area contributed by atoms with Gasteiger partial charge in [-0.15, -0.1) is 11.3 Å². The summed E-state index contributed by atoms with van der Waals surface area (Å²) in [5.74, 6) is 0. The molecule has 0 atom stereocenters. The van der Waals surface area contributed by atoms with Gasteiger partial charge in [-0.1, -0.05) is 0 Å². The molecule has 0 bridgehead atoms. The zero-order chi connectivity index (χ0) is 9.68. The van der Waals surface area contributed by atoms with Crippen LogP contribution in [0.15, 0.2) is 10.5 Å². The average molecular weight is 264 g/mol. The number of aryl methyl sites for hydroxylation is 1. The van der Waals surface area contributed by atoms with E-state index < -0.39 is 0 Å². The first-order valence-electron chi connectivity index (χ1n) is 4.26. The third-order valence-corrected chi connectivity index (χ3v) is 3.70. The van der Waals surface area contributed by atoms with Crippen LogP contribution in [0, 0.1) is 6.92 Å². The molecule has 0 amide bonds. The molecule has 1 heterocycles. The second-order valence-electron chi connectivity index (χ2n) is 2.78. The van der Waals surface area contributed by atoms with Crippen molar-refractivity contribution < 1.29 is 4.74 Å². The number of rotatable bonds is 5. The molecule has 0 aliphatic carbocycles. The molecule has 0 spiro atoms. The highest BCUT2D eigenvalue weighted by Gasteiger charge is 2.03. The lowest BCUT2D eigenvalue weighted by molar-refractivity contribution is 0.145. The van der Waals surface area contributed by atoms with E-state index >= 15 is 0 Å². The van der Waals surface area contributed by atoms with Gasteiger partial charge >= 0.3 is 0 Å². The molecule has 4 heteroatoms. The van der Waals surface area contributed by atoms with Gasteiger partial charge in [-0.05, 0) is 28.9 Å². The first kappa shape index (κ1) is 11.2. The van der Waals surface area contributed by atoms with Crippen LogP contribution in [0.2, 0.25) is 0 Å². The third kappa shape index (κ3) is 3.77. The van der Waals surface area contributed by atoms with Crippen molar-refractivity contribution in [1.82, 2.24) is 0 Å². The smallest absolute Gasteiger partial charge is 0.0588 e. The molecule has 74 valence electrons. The van der Waals surface area contributed by atoms with Crippen molar-refractivity contribution in [1.29, 1.82) is 0 Å². The van der Waals surface area contributed by atoms with E-state index in [1.54, 1.807) is 0 Å². The van der Waals surface area contributed by atoms with Crippen LogP contribution in [0.3, 0.4) is 0 Å². The SMILES string of the molecule is Cc1cc(Br)c(CCOCCN)s1. The molecule has 0 fully saturated rings. The Morgan fingerprint density at radius 1 is 1.54 bits per heavy atom. The molecule has 0 saturated carbocycles. The Morgan fingerprint density at radius 3 is 2.85 bits per heavy atom. The van der Waals surface area contributed by atoms with Gasteiger partial charge < -0.3 is 10.5 Å². The normalized spacial score (nSPS) is 10.7. The van der Waals surface area contributed by atoms with Gasteiger partial charge in [-0.3, -0.25) is 0 Å². The van der Waals surface area contributed by atoms with Crippen LogP contribution < -0.4 is 5.73 Å². The van der Waals surface area contributed by atoms with Gasteiger partial charge in [0.2, 0.25) is 0 Å². The van der Waals surface area contributed by atoms with Gasteiger partial charge in [0.25, 0.3) is 0 Å². The molecule has 0 aromatic carbocycles. The minimum atomic E-state index is 0.602. The highest BCUT2D eigenvalue weighted by molar-refractivity contribution is 9.10. The summed E-state index contributed by atoms with van der Waals surface area (Å²) in [6.45, 7) is 4.13. The molecule has 1 aromatic heterocycles. The van der Waals surface area contributed by atoms with Gasteiger partial charge in [0, 0.05) is 27.2 Å². The van der Waals surface area contributed by atoms with Crippen molar-refractivity contribution in [2.24, 2.45) is 5.73 Å². The van der Waals surface area contributed by atoms with E-state index in [0.717, 1.165) is 13.0 Å². The summed E-state index contributed by atoms with van der Waals surface area (Å²) in [5.41, 5.74) is 5.31. The summed E-state index contributed by atoms with van der Waals surface area (Å²) in [4.78, 5) is 2.69. The summed E-state index contributed by atoms with van der Waals surface area (Å²) in [5, 5.41) is 0. The lowest BCUT2D eigenvalue weighted by Crippen LogP contribution is -2.09. The molecule has 2 N–H and O–H groups in total. The molecule has 0 unspecified atom stereocenters. The zero-order valence-corrected chi connectivity index (χ0v) is 10.1. The van der Waals surface area contributed by atoms with Crippen molar-refractivity contribution in [3.63, 3.8) is 0 Å². The van der Waals surface area contributed by atoms with Gasteiger partial charge in [-0.25, -0.2) is 0 Å². The van der Waals surface area contributed by atoms with Gasteiger partial charge in [0.05, 0.1) is 13.2 Å². The van der Waals surface area contributed by atoms with Gasteiger partial charge in [0.1, 0.15) is 0 Å². The molecule has 0 aliphatic heterocycles. The van der Waals surface area contributed by atoms with Gasteiger partial charge in [0.15, 0.2) is 0 Å². The van der Waals surface area contributed by atoms with Gasteiger partial charge in [-0.2, -0.15) is 0 Å². The Hall–Kier alpha value is 0.1000. The van der Waals surface area contributed by atoms with Crippen molar-refractivity contribution >= 4 is 27.3 Å². The molecule has 0 radical (unpaired) electrons. The minimum absolute atomic E-state index is 0.602. The van der Waals surface area contributed by atoms with Crippen LogP contribution in [0.5, 0.6) is 0 Å². The van der Waals surface area contributed by atoms with Crippen molar-refractivity contribution in [3.05, 3.63) is 20.3 Å². The number of halogens is 1. The number of ether oxygens (including phenoxy) is 1. The summed E-state index contributed by atoms with van der Waals surface area (Å²) < 4.78 is 6.51. The minimum Gasteiger partial charge on any atom is -0.380 e. The lowest BCUT2D eigenvalue weighted by Gasteiger charge is -2.00. The topological polar surface area (TPSA) is 35.2 Å². The Bertz CT molecular complexity index is 262. The maximum atomic E-state index is 5.31. The molecule has 13 heavy (non-hydrogen) atoms.